The van der Waals surface area contributed by atoms with Crippen LogP contribution in [0.4, 0.5) is 0 Å². The van der Waals surface area contributed by atoms with Gasteiger partial charge in [0.05, 0.1) is 7.11 Å². The Labute approximate surface area is 224 Å². The van der Waals surface area contributed by atoms with Crippen LogP contribution in [-0.4, -0.2) is 33.3 Å². The van der Waals surface area contributed by atoms with Gasteiger partial charge >= 0.3 is 0 Å². The fourth-order valence-electron chi connectivity index (χ4n) is 3.83. The number of hydrogen-bond acceptors (Lipinski definition) is 7. The van der Waals surface area contributed by atoms with Gasteiger partial charge in [0.2, 0.25) is 6.54 Å². The number of aromatic nitrogens is 3. The molecule has 0 unspecified atom stereocenters. The number of halogens is 1. The molecule has 1 heterocycles. The number of rotatable bonds is 10. The predicted octanol–water partition coefficient (Wildman–Crippen LogP) is 6.54. The Morgan fingerprint density at radius 2 is 1.81 bits per heavy atom. The average Bonchev–Trinajstić information content (AvgIpc) is 3.24. The molecule has 0 N–H and O–H groups in total. The molecule has 0 spiro atoms. The van der Waals surface area contributed by atoms with Crippen LogP contribution in [0.1, 0.15) is 33.3 Å². The summed E-state index contributed by atoms with van der Waals surface area (Å²) in [6.45, 7) is 5.93. The fraction of sp³-hybridized carbons (Fsp3) is 0.259. The van der Waals surface area contributed by atoms with Gasteiger partial charge in [0.1, 0.15) is 17.7 Å². The first-order chi connectivity index (χ1) is 17.8. The van der Waals surface area contributed by atoms with Crippen molar-refractivity contribution >= 4 is 23.4 Å². The number of nitro groups is 1. The lowest BCUT2D eigenvalue weighted by Gasteiger charge is -2.17. The van der Waals surface area contributed by atoms with Crippen molar-refractivity contribution in [1.29, 1.82) is 0 Å². The van der Waals surface area contributed by atoms with E-state index in [1.807, 2.05) is 54.8 Å². The second-order valence-corrected chi connectivity index (χ2v) is 10.1. The monoisotopic (exact) mass is 538 g/mol. The van der Waals surface area contributed by atoms with Crippen LogP contribution in [0.2, 0.25) is 5.02 Å². The van der Waals surface area contributed by atoms with Gasteiger partial charge in [-0.3, -0.25) is 14.7 Å². The normalized spacial score (nSPS) is 11.8. The smallest absolute Gasteiger partial charge is 0.220 e. The van der Waals surface area contributed by atoms with Gasteiger partial charge in [-0.1, -0.05) is 53.7 Å². The third-order valence-corrected chi connectivity index (χ3v) is 7.56. The van der Waals surface area contributed by atoms with Gasteiger partial charge < -0.3 is 9.47 Å². The second kappa shape index (κ2) is 11.7. The van der Waals surface area contributed by atoms with Crippen LogP contribution in [-0.2, 0) is 6.61 Å². The quantitative estimate of drug-likeness (QED) is 0.128. The van der Waals surface area contributed by atoms with Crippen molar-refractivity contribution in [2.75, 3.05) is 13.7 Å². The Morgan fingerprint density at radius 3 is 2.51 bits per heavy atom. The fourth-order valence-corrected chi connectivity index (χ4v) is 5.18. The van der Waals surface area contributed by atoms with Crippen molar-refractivity contribution in [3.05, 3.63) is 104 Å². The molecule has 0 aliphatic carbocycles. The van der Waals surface area contributed by atoms with E-state index >= 15 is 0 Å². The molecule has 0 aliphatic heterocycles. The molecule has 3 aromatic carbocycles. The highest BCUT2D eigenvalue weighted by Crippen LogP contribution is 2.40. The molecule has 4 aromatic rings. The van der Waals surface area contributed by atoms with Crippen molar-refractivity contribution in [3.63, 3.8) is 0 Å². The predicted molar refractivity (Wildman–Crippen MR) is 145 cm³/mol. The summed E-state index contributed by atoms with van der Waals surface area (Å²) in [7, 11) is 1.54. The standard InChI is InChI=1S/C27H27ClN4O4S/c1-17-9-11-22(13-18(17)2)32-19(3)29-30-27(32)37-26(15-31(33)34)20-10-12-24(25(14-20)35-4)36-16-21-7-5-6-8-23(21)28/h5-14,26H,15-16H2,1-4H3/t26-/m1/s1. The molecule has 8 nitrogen and oxygen atoms in total. The van der Waals surface area contributed by atoms with E-state index in [0.717, 1.165) is 22.4 Å². The number of thioether (sulfide) groups is 1. The van der Waals surface area contributed by atoms with Gasteiger partial charge in [-0.05, 0) is 67.8 Å². The van der Waals surface area contributed by atoms with Gasteiger partial charge in [-0.15, -0.1) is 10.2 Å². The Kier molecular flexibility index (Phi) is 8.35. The van der Waals surface area contributed by atoms with E-state index in [4.69, 9.17) is 21.1 Å². The average molecular weight is 539 g/mol. The van der Waals surface area contributed by atoms with Crippen LogP contribution in [0.5, 0.6) is 11.5 Å². The first-order valence-corrected chi connectivity index (χ1v) is 12.8. The number of hydrogen-bond donors (Lipinski definition) is 0. The molecular formula is C27H27ClN4O4S. The molecule has 0 bridgehead atoms. The van der Waals surface area contributed by atoms with Crippen LogP contribution in [0.25, 0.3) is 5.69 Å². The highest BCUT2D eigenvalue weighted by atomic mass is 35.5. The highest BCUT2D eigenvalue weighted by molar-refractivity contribution is 7.99. The molecule has 0 saturated heterocycles. The Morgan fingerprint density at radius 1 is 1.03 bits per heavy atom. The lowest BCUT2D eigenvalue weighted by atomic mass is 10.1. The summed E-state index contributed by atoms with van der Waals surface area (Å²) in [6, 6.07) is 18.9. The topological polar surface area (TPSA) is 92.3 Å². The summed E-state index contributed by atoms with van der Waals surface area (Å²) >= 11 is 7.53. The van der Waals surface area contributed by atoms with Crippen molar-refractivity contribution < 1.29 is 14.4 Å². The Hall–Kier alpha value is -3.56. The zero-order valence-electron chi connectivity index (χ0n) is 21.0. The van der Waals surface area contributed by atoms with E-state index < -0.39 is 5.25 Å². The van der Waals surface area contributed by atoms with Crippen molar-refractivity contribution in [2.24, 2.45) is 0 Å². The second-order valence-electron chi connectivity index (χ2n) is 8.55. The van der Waals surface area contributed by atoms with Crippen LogP contribution in [0.15, 0.2) is 65.8 Å². The Balaban J connectivity index is 1.62. The molecule has 0 saturated carbocycles. The largest absolute Gasteiger partial charge is 0.493 e. The van der Waals surface area contributed by atoms with E-state index in [1.165, 1.54) is 24.4 Å². The lowest BCUT2D eigenvalue weighted by molar-refractivity contribution is -0.479. The molecule has 1 aromatic heterocycles. The summed E-state index contributed by atoms with van der Waals surface area (Å²) in [5.74, 6) is 1.70. The van der Waals surface area contributed by atoms with Gasteiger partial charge in [0.25, 0.3) is 0 Å². The minimum absolute atomic E-state index is 0.265. The van der Waals surface area contributed by atoms with Crippen molar-refractivity contribution in [1.82, 2.24) is 14.8 Å². The van der Waals surface area contributed by atoms with Crippen molar-refractivity contribution in [2.45, 2.75) is 37.8 Å². The number of methoxy groups -OCH3 is 1. The zero-order chi connectivity index (χ0) is 26.5. The highest BCUT2D eigenvalue weighted by Gasteiger charge is 2.25. The number of aryl methyl sites for hydroxylation is 3. The molecular weight excluding hydrogens is 512 g/mol. The maximum atomic E-state index is 11.6. The summed E-state index contributed by atoms with van der Waals surface area (Å²) in [5.41, 5.74) is 4.79. The number of benzene rings is 3. The first kappa shape index (κ1) is 26.5. The molecule has 1 atom stereocenters. The molecule has 192 valence electrons. The zero-order valence-corrected chi connectivity index (χ0v) is 22.5. The summed E-state index contributed by atoms with van der Waals surface area (Å²) < 4.78 is 13.4. The SMILES string of the molecule is COc1cc([C@@H](C[N+](=O)[O-])Sc2nnc(C)n2-c2ccc(C)c(C)c2)ccc1OCc1ccccc1Cl. The summed E-state index contributed by atoms with van der Waals surface area (Å²) in [4.78, 5) is 11.3. The van der Waals surface area contributed by atoms with E-state index in [0.29, 0.717) is 27.5 Å². The van der Waals surface area contributed by atoms with E-state index in [-0.39, 0.29) is 18.1 Å². The van der Waals surface area contributed by atoms with Gasteiger partial charge in [-0.25, -0.2) is 0 Å². The summed E-state index contributed by atoms with van der Waals surface area (Å²) in [6.07, 6.45) is 0. The van der Waals surface area contributed by atoms with E-state index in [9.17, 15) is 10.1 Å². The minimum atomic E-state index is -0.532. The molecule has 10 heteroatoms. The van der Waals surface area contributed by atoms with Crippen LogP contribution < -0.4 is 9.47 Å². The van der Waals surface area contributed by atoms with Crippen LogP contribution in [0.3, 0.4) is 0 Å². The Bertz CT molecular complexity index is 1430. The third-order valence-electron chi connectivity index (χ3n) is 6.01. The molecule has 0 fully saturated rings. The number of ether oxygens (including phenoxy) is 2. The lowest BCUT2D eigenvalue weighted by Crippen LogP contribution is -2.11. The van der Waals surface area contributed by atoms with Gasteiger partial charge in [0, 0.05) is 21.2 Å². The van der Waals surface area contributed by atoms with Gasteiger partial charge in [0.15, 0.2) is 16.7 Å². The molecule has 37 heavy (non-hydrogen) atoms. The molecule has 0 aliphatic rings. The molecule has 0 radical (unpaired) electrons. The maximum Gasteiger partial charge on any atom is 0.220 e. The van der Waals surface area contributed by atoms with E-state index in [2.05, 4.69) is 23.2 Å². The molecule has 0 amide bonds. The van der Waals surface area contributed by atoms with Crippen LogP contribution >= 0.6 is 23.4 Å². The minimum Gasteiger partial charge on any atom is -0.493 e. The third kappa shape index (κ3) is 6.23. The number of nitrogens with zero attached hydrogens (tertiary/aromatic N) is 4. The maximum absolute atomic E-state index is 11.6. The molecule has 4 rings (SSSR count). The van der Waals surface area contributed by atoms with E-state index in [1.54, 1.807) is 18.2 Å². The summed E-state index contributed by atoms with van der Waals surface area (Å²) in [5, 5.41) is 20.8. The van der Waals surface area contributed by atoms with Crippen LogP contribution in [0, 0.1) is 30.9 Å². The van der Waals surface area contributed by atoms with Crippen molar-refractivity contribution in [3.8, 4) is 17.2 Å². The van der Waals surface area contributed by atoms with Gasteiger partial charge in [-0.2, -0.15) is 0 Å². The first-order valence-electron chi connectivity index (χ1n) is 11.6.